The smallest absolute Gasteiger partial charge is 0.0811 e. The molecule has 2 aromatic heterocycles. The van der Waals surface area contributed by atoms with Gasteiger partial charge in [-0.1, -0.05) is 115 Å². The Morgan fingerprint density at radius 3 is 1.85 bits per heavy atom. The molecule has 7 aromatic carbocycles. The Morgan fingerprint density at radius 2 is 1.09 bits per heavy atom. The van der Waals surface area contributed by atoms with E-state index in [2.05, 4.69) is 154 Å². The van der Waals surface area contributed by atoms with Crippen LogP contribution in [0.15, 0.2) is 156 Å². The summed E-state index contributed by atoms with van der Waals surface area (Å²) in [5.41, 5.74) is 13.7. The van der Waals surface area contributed by atoms with Crippen molar-refractivity contribution < 1.29 is 0 Å². The summed E-state index contributed by atoms with van der Waals surface area (Å²) < 4.78 is 4.38. The second-order valence-electron chi connectivity index (χ2n) is 11.5. The maximum atomic E-state index is 4.61. The van der Waals surface area contributed by atoms with Gasteiger partial charge in [0.2, 0.25) is 0 Å². The van der Waals surface area contributed by atoms with E-state index in [1.165, 1.54) is 82.8 Å². The van der Waals surface area contributed by atoms with E-state index in [1.807, 2.05) is 11.7 Å². The molecule has 0 aliphatic rings. The van der Waals surface area contributed by atoms with E-state index in [0.29, 0.717) is 0 Å². The Morgan fingerprint density at radius 1 is 0.435 bits per heavy atom. The lowest BCUT2D eigenvalue weighted by Gasteiger charge is -2.19. The molecule has 0 spiro atoms. The largest absolute Gasteiger partial charge is 0.245 e. The summed E-state index contributed by atoms with van der Waals surface area (Å²) in [6.45, 7) is 0. The van der Waals surface area contributed by atoms with Crippen LogP contribution in [0.1, 0.15) is 0 Å². The Bertz CT molecular complexity index is 2520. The first-order valence-corrected chi connectivity index (χ1v) is 17.1. The minimum Gasteiger partial charge on any atom is -0.245 e. The molecule has 46 heavy (non-hydrogen) atoms. The van der Waals surface area contributed by atoms with Crippen molar-refractivity contribution in [2.24, 2.45) is 0 Å². The lowest BCUT2D eigenvalue weighted by Crippen LogP contribution is -1.92. The summed E-state index contributed by atoms with van der Waals surface area (Å²) in [6.07, 6.45) is 1.96. The van der Waals surface area contributed by atoms with Crippen LogP contribution in [0.2, 0.25) is 0 Å². The number of hydrogen-bond acceptors (Lipinski definition) is 4. The predicted molar refractivity (Wildman–Crippen MR) is 197 cm³/mol. The number of nitrogens with zero attached hydrogens (tertiary/aromatic N) is 2. The Labute approximate surface area is 275 Å². The highest BCUT2D eigenvalue weighted by atomic mass is 32.1. The van der Waals surface area contributed by atoms with Crippen molar-refractivity contribution in [1.29, 1.82) is 0 Å². The van der Waals surface area contributed by atoms with Crippen molar-refractivity contribution in [3.8, 4) is 55.8 Å². The van der Waals surface area contributed by atoms with Crippen LogP contribution < -0.4 is 0 Å². The molecule has 0 bridgehead atoms. The van der Waals surface area contributed by atoms with Crippen molar-refractivity contribution in [2.45, 2.75) is 0 Å². The predicted octanol–water partition coefficient (Wildman–Crippen LogP) is 12.4. The number of thiazole rings is 1. The molecule has 0 atom stereocenters. The van der Waals surface area contributed by atoms with Crippen molar-refractivity contribution >= 4 is 55.2 Å². The maximum absolute atomic E-state index is 4.61. The zero-order valence-electron chi connectivity index (χ0n) is 24.7. The van der Waals surface area contributed by atoms with Crippen LogP contribution in [-0.2, 0) is 0 Å². The molecule has 0 aliphatic heterocycles. The van der Waals surface area contributed by atoms with Gasteiger partial charge in [-0.2, -0.15) is 0 Å². The summed E-state index contributed by atoms with van der Waals surface area (Å²) in [5.74, 6) is 0. The van der Waals surface area contributed by atoms with Gasteiger partial charge in [0, 0.05) is 28.1 Å². The first-order chi connectivity index (χ1) is 22.8. The van der Waals surface area contributed by atoms with Crippen molar-refractivity contribution in [2.75, 3.05) is 0 Å². The average molecular weight is 623 g/mol. The number of rotatable bonds is 5. The fourth-order valence-corrected chi connectivity index (χ4v) is 7.94. The van der Waals surface area contributed by atoms with Crippen LogP contribution in [0.5, 0.6) is 0 Å². The molecule has 9 aromatic rings. The molecule has 9 rings (SSSR count). The monoisotopic (exact) mass is 622 g/mol. The van der Waals surface area contributed by atoms with E-state index in [0.717, 1.165) is 16.8 Å². The van der Waals surface area contributed by atoms with Crippen LogP contribution in [0, 0.1) is 0 Å². The van der Waals surface area contributed by atoms with Crippen LogP contribution in [-0.4, -0.2) is 9.36 Å². The molecule has 0 radical (unpaired) electrons. The minimum atomic E-state index is 1.01. The quantitative estimate of drug-likeness (QED) is 0.178. The van der Waals surface area contributed by atoms with E-state index in [-0.39, 0.29) is 0 Å². The van der Waals surface area contributed by atoms with Gasteiger partial charge in [-0.25, -0.2) is 9.36 Å². The summed E-state index contributed by atoms with van der Waals surface area (Å²) in [7, 11) is 0. The van der Waals surface area contributed by atoms with Crippen molar-refractivity contribution in [1.82, 2.24) is 9.36 Å². The SMILES string of the molecule is c1cc(-c2cnsc2)cc(-c2c3ccccc3c(-c3cccc(-c4cscn4)c3)c3ccc(-c4cccc5ccccc45)cc23)c1. The van der Waals surface area contributed by atoms with Crippen molar-refractivity contribution in [3.05, 3.63) is 156 Å². The Balaban J connectivity index is 1.38. The third-order valence-electron chi connectivity index (χ3n) is 8.92. The van der Waals surface area contributed by atoms with E-state index >= 15 is 0 Å². The van der Waals surface area contributed by atoms with Gasteiger partial charge < -0.3 is 0 Å². The van der Waals surface area contributed by atoms with Gasteiger partial charge in [-0.3, -0.25) is 0 Å². The average Bonchev–Trinajstić information content (AvgIpc) is 3.86. The molecule has 0 aliphatic carbocycles. The van der Waals surface area contributed by atoms with Crippen LogP contribution in [0.3, 0.4) is 0 Å². The third kappa shape index (κ3) is 4.54. The molecule has 0 saturated heterocycles. The van der Waals surface area contributed by atoms with Gasteiger partial charge in [-0.15, -0.1) is 11.3 Å². The highest BCUT2D eigenvalue weighted by molar-refractivity contribution is 7.07. The standard InChI is InChI=1S/C42H26N2S2/c1-2-14-34-27(8-1)9-7-17-35(34)29-18-19-38-39(22-29)42(31-12-5-10-28(20-31)33-23-44-46-24-33)37-16-4-3-15-36(37)41(38)32-13-6-11-30(21-32)40-25-45-26-43-40/h1-26H. The van der Waals surface area contributed by atoms with Crippen LogP contribution in [0.4, 0.5) is 0 Å². The zero-order chi connectivity index (χ0) is 30.5. The van der Waals surface area contributed by atoms with Gasteiger partial charge >= 0.3 is 0 Å². The number of hydrogen-bond donors (Lipinski definition) is 0. The van der Waals surface area contributed by atoms with Gasteiger partial charge in [0.1, 0.15) is 0 Å². The topological polar surface area (TPSA) is 25.8 Å². The highest BCUT2D eigenvalue weighted by Crippen LogP contribution is 2.46. The summed E-state index contributed by atoms with van der Waals surface area (Å²) in [5, 5.41) is 11.7. The fraction of sp³-hybridized carbons (Fsp3) is 0. The lowest BCUT2D eigenvalue weighted by molar-refractivity contribution is 1.41. The minimum absolute atomic E-state index is 1.01. The van der Waals surface area contributed by atoms with Gasteiger partial charge in [0.25, 0.3) is 0 Å². The van der Waals surface area contributed by atoms with E-state index < -0.39 is 0 Å². The molecule has 2 nitrogen and oxygen atoms in total. The zero-order valence-corrected chi connectivity index (χ0v) is 26.4. The van der Waals surface area contributed by atoms with Gasteiger partial charge in [0.05, 0.1) is 11.2 Å². The van der Waals surface area contributed by atoms with E-state index in [1.54, 1.807) is 11.3 Å². The molecular weight excluding hydrogens is 597 g/mol. The molecule has 0 amide bonds. The summed E-state index contributed by atoms with van der Waals surface area (Å²) in [4.78, 5) is 4.61. The Hall–Kier alpha value is -5.42. The highest BCUT2D eigenvalue weighted by Gasteiger charge is 2.19. The molecule has 0 N–H and O–H groups in total. The molecule has 0 unspecified atom stereocenters. The Kier molecular flexibility index (Phi) is 6.55. The molecule has 0 fully saturated rings. The van der Waals surface area contributed by atoms with Gasteiger partial charge in [-0.05, 0) is 101 Å². The first kappa shape index (κ1) is 26.9. The van der Waals surface area contributed by atoms with Crippen LogP contribution in [0.25, 0.3) is 88.1 Å². The molecule has 0 saturated carbocycles. The van der Waals surface area contributed by atoms with E-state index in [9.17, 15) is 0 Å². The number of aromatic nitrogens is 2. The third-order valence-corrected chi connectivity index (χ3v) is 10.1. The molecule has 2 heterocycles. The second-order valence-corrected chi connectivity index (χ2v) is 12.9. The van der Waals surface area contributed by atoms with Gasteiger partial charge in [0.15, 0.2) is 0 Å². The summed E-state index contributed by atoms with van der Waals surface area (Å²) in [6, 6.07) is 48.9. The number of fused-ring (bicyclic) bond motifs is 3. The van der Waals surface area contributed by atoms with E-state index in [4.69, 9.17) is 0 Å². The van der Waals surface area contributed by atoms with Crippen molar-refractivity contribution in [3.63, 3.8) is 0 Å². The molecule has 216 valence electrons. The molecular formula is C42H26N2S2. The maximum Gasteiger partial charge on any atom is 0.0811 e. The second kappa shape index (κ2) is 11.2. The lowest BCUT2D eigenvalue weighted by atomic mass is 9.84. The van der Waals surface area contributed by atoms with Crippen LogP contribution >= 0.6 is 22.9 Å². The number of benzene rings is 7. The molecule has 4 heteroatoms. The first-order valence-electron chi connectivity index (χ1n) is 15.3. The normalized spacial score (nSPS) is 11.5. The fourth-order valence-electron chi connectivity index (χ4n) is 6.84. The summed E-state index contributed by atoms with van der Waals surface area (Å²) >= 11 is 3.11.